The molecule has 2 amide bonds. The molecule has 0 aliphatic rings. The molecule has 1 aromatic heterocycles. The van der Waals surface area contributed by atoms with E-state index in [0.717, 1.165) is 5.69 Å². The van der Waals surface area contributed by atoms with Gasteiger partial charge in [-0.15, -0.1) is 0 Å². The molecule has 4 N–H and O–H groups in total. The molecule has 7 nitrogen and oxygen atoms in total. The van der Waals surface area contributed by atoms with E-state index in [4.69, 9.17) is 5.11 Å². The minimum Gasteiger partial charge on any atom is -0.480 e. The summed E-state index contributed by atoms with van der Waals surface area (Å²) < 4.78 is 0. The number of rotatable bonds is 5. The van der Waals surface area contributed by atoms with Gasteiger partial charge < -0.3 is 20.7 Å². The number of nitrogens with zero attached hydrogens (tertiary/aromatic N) is 1. The number of carbonyl (C=O) groups is 2. The third-order valence-corrected chi connectivity index (χ3v) is 2.01. The summed E-state index contributed by atoms with van der Waals surface area (Å²) in [6, 6.07) is -1.37. The second-order valence-electron chi connectivity index (χ2n) is 3.20. The van der Waals surface area contributed by atoms with E-state index in [9.17, 15) is 9.59 Å². The van der Waals surface area contributed by atoms with Crippen LogP contribution in [0.25, 0.3) is 0 Å². The second-order valence-corrected chi connectivity index (χ2v) is 3.20. The van der Waals surface area contributed by atoms with Crippen molar-refractivity contribution in [1.29, 1.82) is 0 Å². The molecule has 0 unspecified atom stereocenters. The molecule has 0 radical (unpaired) electrons. The molecule has 0 saturated heterocycles. The topological polar surface area (TPSA) is 107 Å². The fourth-order valence-corrected chi connectivity index (χ4v) is 1.10. The number of hydrogen-bond donors (Lipinski definition) is 4. The number of H-pyrrole nitrogens is 1. The van der Waals surface area contributed by atoms with E-state index in [0.29, 0.717) is 6.42 Å². The molecule has 1 atom stereocenters. The molecule has 1 heterocycles. The third kappa shape index (κ3) is 3.60. The van der Waals surface area contributed by atoms with Crippen LogP contribution >= 0.6 is 0 Å². The van der Waals surface area contributed by atoms with Crippen LogP contribution in [0.4, 0.5) is 4.79 Å². The smallest absolute Gasteiger partial charge is 0.326 e. The molecule has 16 heavy (non-hydrogen) atoms. The molecule has 0 aromatic carbocycles. The zero-order valence-corrected chi connectivity index (χ0v) is 8.86. The van der Waals surface area contributed by atoms with Crippen molar-refractivity contribution in [3.05, 3.63) is 18.2 Å². The monoisotopic (exact) mass is 226 g/mol. The van der Waals surface area contributed by atoms with Crippen molar-refractivity contribution >= 4 is 12.0 Å². The lowest BCUT2D eigenvalue weighted by Crippen LogP contribution is -2.45. The lowest BCUT2D eigenvalue weighted by molar-refractivity contribution is -0.139. The summed E-state index contributed by atoms with van der Waals surface area (Å²) >= 11 is 0. The molecule has 0 aliphatic carbocycles. The fraction of sp³-hybridized carbons (Fsp3) is 0.444. The second kappa shape index (κ2) is 5.74. The van der Waals surface area contributed by atoms with Crippen molar-refractivity contribution in [2.24, 2.45) is 0 Å². The average molecular weight is 226 g/mol. The minimum absolute atomic E-state index is 0.280. The van der Waals surface area contributed by atoms with Crippen molar-refractivity contribution in [3.8, 4) is 0 Å². The molecule has 88 valence electrons. The van der Waals surface area contributed by atoms with Gasteiger partial charge >= 0.3 is 12.0 Å². The number of imidazole rings is 1. The molecular weight excluding hydrogens is 212 g/mol. The van der Waals surface area contributed by atoms with E-state index in [2.05, 4.69) is 20.6 Å². The zero-order valence-electron chi connectivity index (χ0n) is 8.86. The first-order valence-corrected chi connectivity index (χ1v) is 4.88. The van der Waals surface area contributed by atoms with Gasteiger partial charge in [-0.3, -0.25) is 0 Å². The number of amides is 2. The maximum absolute atomic E-state index is 11.3. The number of aromatic nitrogens is 2. The Hall–Kier alpha value is -2.05. The van der Waals surface area contributed by atoms with Crippen LogP contribution in [0.15, 0.2) is 12.5 Å². The highest BCUT2D eigenvalue weighted by Gasteiger charge is 2.16. The van der Waals surface area contributed by atoms with Gasteiger partial charge in [0, 0.05) is 6.20 Å². The van der Waals surface area contributed by atoms with Crippen molar-refractivity contribution in [2.75, 3.05) is 0 Å². The van der Waals surface area contributed by atoms with Crippen molar-refractivity contribution in [2.45, 2.75) is 25.9 Å². The normalized spacial score (nSPS) is 11.8. The zero-order chi connectivity index (χ0) is 12.0. The molecule has 7 heteroatoms. The Kier molecular flexibility index (Phi) is 4.31. The first-order chi connectivity index (χ1) is 7.63. The summed E-state index contributed by atoms with van der Waals surface area (Å²) in [6.07, 6.45) is 3.42. The van der Waals surface area contributed by atoms with Crippen LogP contribution in [0.3, 0.4) is 0 Å². The summed E-state index contributed by atoms with van der Waals surface area (Å²) in [6.45, 7) is 1.97. The molecule has 0 bridgehead atoms. The average Bonchev–Trinajstić information content (AvgIpc) is 2.75. The SMILES string of the molecule is CC[C@@H](NC(=O)NCc1cnc[nH]1)C(=O)O. The van der Waals surface area contributed by atoms with Crippen LogP contribution in [-0.4, -0.2) is 33.1 Å². The van der Waals surface area contributed by atoms with Crippen LogP contribution in [0.2, 0.25) is 0 Å². The lowest BCUT2D eigenvalue weighted by Gasteiger charge is -2.12. The minimum atomic E-state index is -1.04. The van der Waals surface area contributed by atoms with E-state index in [1.807, 2.05) is 0 Å². The summed E-state index contributed by atoms with van der Waals surface area (Å²) in [5.74, 6) is -1.04. The van der Waals surface area contributed by atoms with E-state index in [-0.39, 0.29) is 6.54 Å². The highest BCUT2D eigenvalue weighted by atomic mass is 16.4. The highest BCUT2D eigenvalue weighted by molar-refractivity contribution is 5.82. The number of aliphatic carboxylic acids is 1. The quantitative estimate of drug-likeness (QED) is 0.570. The van der Waals surface area contributed by atoms with Crippen molar-refractivity contribution < 1.29 is 14.7 Å². The predicted octanol–water partition coefficient (Wildman–Crippen LogP) is 0.0721. The van der Waals surface area contributed by atoms with Crippen molar-refractivity contribution in [1.82, 2.24) is 20.6 Å². The summed E-state index contributed by atoms with van der Waals surface area (Å²) in [5.41, 5.74) is 0.749. The highest BCUT2D eigenvalue weighted by Crippen LogP contribution is 1.92. The van der Waals surface area contributed by atoms with Crippen molar-refractivity contribution in [3.63, 3.8) is 0 Å². The predicted molar refractivity (Wildman–Crippen MR) is 55.7 cm³/mol. The van der Waals surface area contributed by atoms with Gasteiger partial charge in [-0.05, 0) is 6.42 Å². The number of urea groups is 1. The Balaban J connectivity index is 2.33. The molecule has 0 aliphatic heterocycles. The maximum atomic E-state index is 11.3. The first-order valence-electron chi connectivity index (χ1n) is 4.88. The number of carboxylic acids is 1. The van der Waals surface area contributed by atoms with E-state index >= 15 is 0 Å². The molecule has 1 aromatic rings. The Morgan fingerprint density at radius 2 is 2.38 bits per heavy atom. The Morgan fingerprint density at radius 1 is 1.62 bits per heavy atom. The van der Waals surface area contributed by atoms with Crippen LogP contribution < -0.4 is 10.6 Å². The summed E-state index contributed by atoms with van der Waals surface area (Å²) in [5, 5.41) is 13.6. The molecule has 0 spiro atoms. The Labute approximate surface area is 92.3 Å². The Bertz CT molecular complexity index is 350. The number of hydrogen-bond acceptors (Lipinski definition) is 3. The van der Waals surface area contributed by atoms with Gasteiger partial charge in [0.25, 0.3) is 0 Å². The molecule has 1 rings (SSSR count). The maximum Gasteiger partial charge on any atom is 0.326 e. The van der Waals surface area contributed by atoms with Gasteiger partial charge in [-0.2, -0.15) is 0 Å². The first kappa shape index (κ1) is 12.0. The van der Waals surface area contributed by atoms with Gasteiger partial charge in [0.2, 0.25) is 0 Å². The number of carboxylic acid groups (broad SMARTS) is 1. The lowest BCUT2D eigenvalue weighted by atomic mass is 10.2. The van der Waals surface area contributed by atoms with Crippen LogP contribution in [0, 0.1) is 0 Å². The Morgan fingerprint density at radius 3 is 2.88 bits per heavy atom. The number of carbonyl (C=O) groups excluding carboxylic acids is 1. The van der Waals surface area contributed by atoms with Crippen LogP contribution in [-0.2, 0) is 11.3 Å². The van der Waals surface area contributed by atoms with Gasteiger partial charge in [0.15, 0.2) is 0 Å². The summed E-state index contributed by atoms with van der Waals surface area (Å²) in [7, 11) is 0. The molecule has 0 fully saturated rings. The third-order valence-electron chi connectivity index (χ3n) is 2.01. The number of aromatic amines is 1. The molecular formula is C9H14N4O3. The van der Waals surface area contributed by atoms with Gasteiger partial charge in [-0.1, -0.05) is 6.92 Å². The fourth-order valence-electron chi connectivity index (χ4n) is 1.10. The largest absolute Gasteiger partial charge is 0.480 e. The van der Waals surface area contributed by atoms with Gasteiger partial charge in [-0.25, -0.2) is 14.6 Å². The number of nitrogens with one attached hydrogen (secondary N) is 3. The standard InChI is InChI=1S/C9H14N4O3/c1-2-7(8(14)15)13-9(16)11-4-6-3-10-5-12-6/h3,5,7H,2,4H2,1H3,(H,10,12)(H,14,15)(H2,11,13,16)/t7-/m1/s1. The summed E-state index contributed by atoms with van der Waals surface area (Å²) in [4.78, 5) is 28.5. The van der Waals surface area contributed by atoms with E-state index < -0.39 is 18.0 Å². The molecule has 0 saturated carbocycles. The van der Waals surface area contributed by atoms with E-state index in [1.54, 1.807) is 13.1 Å². The van der Waals surface area contributed by atoms with Gasteiger partial charge in [0.05, 0.1) is 18.6 Å². The van der Waals surface area contributed by atoms with E-state index in [1.165, 1.54) is 6.33 Å². The van der Waals surface area contributed by atoms with Gasteiger partial charge in [0.1, 0.15) is 6.04 Å². The van der Waals surface area contributed by atoms with Crippen LogP contribution in [0.1, 0.15) is 19.0 Å². The van der Waals surface area contributed by atoms with Crippen LogP contribution in [0.5, 0.6) is 0 Å².